The summed E-state index contributed by atoms with van der Waals surface area (Å²) in [5, 5.41) is 3.39. The summed E-state index contributed by atoms with van der Waals surface area (Å²) in [7, 11) is 2.90. The van der Waals surface area contributed by atoms with Crippen LogP contribution >= 0.6 is 11.3 Å². The number of carbonyl (C=O) groups excluding carboxylic acids is 2. The van der Waals surface area contributed by atoms with Gasteiger partial charge in [0.1, 0.15) is 5.00 Å². The molecule has 0 aliphatic heterocycles. The first-order valence-electron chi connectivity index (χ1n) is 8.88. The van der Waals surface area contributed by atoms with Gasteiger partial charge in [0, 0.05) is 4.88 Å². The molecule has 1 aromatic heterocycles. The van der Waals surface area contributed by atoms with Gasteiger partial charge in [-0.2, -0.15) is 0 Å². The molecule has 0 unspecified atom stereocenters. The number of amides is 1. The van der Waals surface area contributed by atoms with Crippen molar-refractivity contribution in [2.75, 3.05) is 19.5 Å². The molecule has 0 bridgehead atoms. The molecule has 27 heavy (non-hydrogen) atoms. The molecule has 144 valence electrons. The van der Waals surface area contributed by atoms with Gasteiger partial charge in [-0.25, -0.2) is 4.79 Å². The highest BCUT2D eigenvalue weighted by Crippen LogP contribution is 2.38. The number of hydrogen-bond donors (Lipinski definition) is 1. The van der Waals surface area contributed by atoms with E-state index in [2.05, 4.69) is 5.32 Å². The summed E-state index contributed by atoms with van der Waals surface area (Å²) in [5.41, 5.74) is 1.49. The number of esters is 1. The number of rotatable bonds is 6. The average molecular weight is 389 g/mol. The molecule has 1 atom stereocenters. The molecule has 0 fully saturated rings. The van der Waals surface area contributed by atoms with Gasteiger partial charge in [-0.05, 0) is 50.3 Å². The second-order valence-corrected chi connectivity index (χ2v) is 7.41. The van der Waals surface area contributed by atoms with Crippen molar-refractivity contribution in [1.29, 1.82) is 0 Å². The second-order valence-electron chi connectivity index (χ2n) is 6.31. The summed E-state index contributed by atoms with van der Waals surface area (Å²) in [6, 6.07) is 7.15. The largest absolute Gasteiger partial charge is 0.493 e. The minimum atomic E-state index is -0.758. The fourth-order valence-electron chi connectivity index (χ4n) is 3.15. The van der Waals surface area contributed by atoms with Crippen LogP contribution in [0.4, 0.5) is 5.00 Å². The number of carbonyl (C=O) groups is 2. The summed E-state index contributed by atoms with van der Waals surface area (Å²) in [5.74, 6) is 0.299. The second kappa shape index (κ2) is 8.43. The molecule has 1 heterocycles. The maximum Gasteiger partial charge on any atom is 0.341 e. The number of para-hydroxylation sites is 2. The Balaban J connectivity index is 1.79. The Kier molecular flexibility index (Phi) is 6.01. The molecule has 0 saturated carbocycles. The van der Waals surface area contributed by atoms with Gasteiger partial charge in [-0.3, -0.25) is 4.79 Å². The summed E-state index contributed by atoms with van der Waals surface area (Å²) < 4.78 is 15.9. The van der Waals surface area contributed by atoms with E-state index in [1.54, 1.807) is 26.2 Å². The number of nitrogens with one attached hydrogen (secondary N) is 1. The molecular formula is C20H23NO5S. The highest BCUT2D eigenvalue weighted by molar-refractivity contribution is 7.17. The number of methoxy groups -OCH3 is 2. The molecule has 1 aliphatic carbocycles. The molecule has 7 heteroatoms. The molecule has 0 radical (unpaired) electrons. The molecule has 2 aromatic rings. The van der Waals surface area contributed by atoms with Crippen LogP contribution in [0.25, 0.3) is 0 Å². The van der Waals surface area contributed by atoms with Crippen LogP contribution in [0, 0.1) is 0 Å². The van der Waals surface area contributed by atoms with Gasteiger partial charge in [0.25, 0.3) is 5.91 Å². The summed E-state index contributed by atoms with van der Waals surface area (Å²) >= 11 is 1.45. The van der Waals surface area contributed by atoms with Crippen LogP contribution in [0.2, 0.25) is 0 Å². The minimum absolute atomic E-state index is 0.329. The van der Waals surface area contributed by atoms with Crippen LogP contribution in [0.3, 0.4) is 0 Å². The van der Waals surface area contributed by atoms with Gasteiger partial charge in [0.15, 0.2) is 17.6 Å². The first-order valence-corrected chi connectivity index (χ1v) is 9.70. The SMILES string of the molecule is COC(=O)c1c(NC(=O)[C@@H](C)Oc2ccccc2OC)sc2c1CCCC2. The highest BCUT2D eigenvalue weighted by atomic mass is 32.1. The number of fused-ring (bicyclic) bond motifs is 1. The molecule has 6 nitrogen and oxygen atoms in total. The lowest BCUT2D eigenvalue weighted by molar-refractivity contribution is -0.122. The Hall–Kier alpha value is -2.54. The Morgan fingerprint density at radius 3 is 2.52 bits per heavy atom. The van der Waals surface area contributed by atoms with Crippen molar-refractivity contribution in [2.45, 2.75) is 38.7 Å². The zero-order valence-electron chi connectivity index (χ0n) is 15.7. The summed E-state index contributed by atoms with van der Waals surface area (Å²) in [4.78, 5) is 26.1. The normalized spacial score (nSPS) is 14.0. The monoisotopic (exact) mass is 389 g/mol. The van der Waals surface area contributed by atoms with Crippen molar-refractivity contribution >= 4 is 28.2 Å². The Morgan fingerprint density at radius 1 is 1.11 bits per heavy atom. The van der Waals surface area contributed by atoms with E-state index in [9.17, 15) is 9.59 Å². The Labute approximate surface area is 162 Å². The maximum atomic E-state index is 12.7. The van der Waals surface area contributed by atoms with Gasteiger partial charge in [0.2, 0.25) is 0 Å². The van der Waals surface area contributed by atoms with Gasteiger partial charge in [-0.15, -0.1) is 11.3 Å². The molecule has 1 N–H and O–H groups in total. The lowest BCUT2D eigenvalue weighted by Crippen LogP contribution is -2.30. The standard InChI is InChI=1S/C20H23NO5S/c1-12(26-15-10-6-5-9-14(15)24-2)18(22)21-19-17(20(23)25-3)13-8-4-7-11-16(13)27-19/h5-6,9-10,12H,4,7-8,11H2,1-3H3,(H,21,22)/t12-/m1/s1. The third-order valence-electron chi connectivity index (χ3n) is 4.54. The third kappa shape index (κ3) is 4.08. The third-order valence-corrected chi connectivity index (χ3v) is 5.75. The topological polar surface area (TPSA) is 73.9 Å². The summed E-state index contributed by atoms with van der Waals surface area (Å²) in [6.45, 7) is 1.66. The van der Waals surface area contributed by atoms with E-state index in [1.165, 1.54) is 18.4 Å². The zero-order chi connectivity index (χ0) is 19.4. The average Bonchev–Trinajstić information content (AvgIpc) is 3.05. The predicted molar refractivity (Wildman–Crippen MR) is 104 cm³/mol. The maximum absolute atomic E-state index is 12.7. The Morgan fingerprint density at radius 2 is 1.81 bits per heavy atom. The molecule has 0 spiro atoms. The van der Waals surface area contributed by atoms with Crippen LogP contribution in [-0.2, 0) is 22.4 Å². The molecule has 1 aromatic carbocycles. The van der Waals surface area contributed by atoms with Crippen molar-refractivity contribution in [2.24, 2.45) is 0 Å². The molecular weight excluding hydrogens is 366 g/mol. The van der Waals surface area contributed by atoms with Crippen LogP contribution < -0.4 is 14.8 Å². The van der Waals surface area contributed by atoms with Crippen LogP contribution in [-0.4, -0.2) is 32.2 Å². The van der Waals surface area contributed by atoms with E-state index in [0.717, 1.165) is 36.1 Å². The highest BCUT2D eigenvalue weighted by Gasteiger charge is 2.28. The lowest BCUT2D eigenvalue weighted by Gasteiger charge is -2.16. The van der Waals surface area contributed by atoms with Crippen molar-refractivity contribution in [3.05, 3.63) is 40.3 Å². The number of thiophene rings is 1. The van der Waals surface area contributed by atoms with E-state index in [4.69, 9.17) is 14.2 Å². The van der Waals surface area contributed by atoms with E-state index in [-0.39, 0.29) is 5.91 Å². The van der Waals surface area contributed by atoms with Crippen molar-refractivity contribution in [3.8, 4) is 11.5 Å². The molecule has 0 saturated heterocycles. The molecule has 3 rings (SSSR count). The van der Waals surface area contributed by atoms with Crippen molar-refractivity contribution in [1.82, 2.24) is 0 Å². The lowest BCUT2D eigenvalue weighted by atomic mass is 9.95. The quantitative estimate of drug-likeness (QED) is 0.760. The van der Waals surface area contributed by atoms with Crippen LogP contribution in [0.15, 0.2) is 24.3 Å². The van der Waals surface area contributed by atoms with E-state index >= 15 is 0 Å². The van der Waals surface area contributed by atoms with Gasteiger partial charge in [0.05, 0.1) is 19.8 Å². The fourth-order valence-corrected chi connectivity index (χ4v) is 4.43. The Bertz CT molecular complexity index is 845. The number of hydrogen-bond acceptors (Lipinski definition) is 6. The summed E-state index contributed by atoms with van der Waals surface area (Å²) in [6.07, 6.45) is 3.13. The van der Waals surface area contributed by atoms with E-state index in [0.29, 0.717) is 22.1 Å². The first-order chi connectivity index (χ1) is 13.0. The number of anilines is 1. The molecule has 1 aliphatic rings. The van der Waals surface area contributed by atoms with E-state index in [1.807, 2.05) is 12.1 Å². The predicted octanol–water partition coefficient (Wildman–Crippen LogP) is 3.83. The van der Waals surface area contributed by atoms with Gasteiger partial charge >= 0.3 is 5.97 Å². The smallest absolute Gasteiger partial charge is 0.341 e. The van der Waals surface area contributed by atoms with E-state index < -0.39 is 12.1 Å². The van der Waals surface area contributed by atoms with Crippen molar-refractivity contribution < 1.29 is 23.8 Å². The number of ether oxygens (including phenoxy) is 3. The van der Waals surface area contributed by atoms with Gasteiger partial charge < -0.3 is 19.5 Å². The van der Waals surface area contributed by atoms with Crippen LogP contribution in [0.5, 0.6) is 11.5 Å². The van der Waals surface area contributed by atoms with Gasteiger partial charge in [-0.1, -0.05) is 12.1 Å². The number of benzene rings is 1. The van der Waals surface area contributed by atoms with Crippen LogP contribution in [0.1, 0.15) is 40.6 Å². The molecule has 1 amide bonds. The number of aryl methyl sites for hydroxylation is 1. The van der Waals surface area contributed by atoms with Crippen molar-refractivity contribution in [3.63, 3.8) is 0 Å². The minimum Gasteiger partial charge on any atom is -0.493 e. The zero-order valence-corrected chi connectivity index (χ0v) is 16.5. The first kappa shape index (κ1) is 19.2. The fraction of sp³-hybridized carbons (Fsp3) is 0.400.